The highest BCUT2D eigenvalue weighted by atomic mass is 79.9. The number of rotatable bonds is 5. The minimum atomic E-state index is -0.133. The van der Waals surface area contributed by atoms with E-state index < -0.39 is 0 Å². The highest BCUT2D eigenvalue weighted by Crippen LogP contribution is 2.17. The van der Waals surface area contributed by atoms with Crippen molar-refractivity contribution in [2.75, 3.05) is 5.32 Å². The fraction of sp³-hybridized carbons (Fsp3) is 0.385. The summed E-state index contributed by atoms with van der Waals surface area (Å²) in [6.07, 6.45) is 4.82. The van der Waals surface area contributed by atoms with Crippen LogP contribution < -0.4 is 10.9 Å². The van der Waals surface area contributed by atoms with Crippen LogP contribution in [0, 0.1) is 5.92 Å². The van der Waals surface area contributed by atoms with Crippen molar-refractivity contribution < 1.29 is 0 Å². The van der Waals surface area contributed by atoms with Gasteiger partial charge in [0, 0.05) is 12.7 Å². The van der Waals surface area contributed by atoms with Gasteiger partial charge in [0.1, 0.15) is 10.8 Å². The van der Waals surface area contributed by atoms with Crippen LogP contribution in [-0.4, -0.2) is 19.7 Å². The van der Waals surface area contributed by atoms with Crippen LogP contribution in [0.1, 0.15) is 19.5 Å². The molecule has 0 spiro atoms. The number of aromatic nitrogens is 4. The molecule has 20 heavy (non-hydrogen) atoms. The van der Waals surface area contributed by atoms with E-state index >= 15 is 0 Å². The molecular weight excluding hydrogens is 322 g/mol. The van der Waals surface area contributed by atoms with E-state index in [1.165, 1.54) is 11.0 Å². The fourth-order valence-electron chi connectivity index (χ4n) is 1.67. The smallest absolute Gasteiger partial charge is 0.283 e. The van der Waals surface area contributed by atoms with Gasteiger partial charge in [-0.05, 0) is 27.9 Å². The summed E-state index contributed by atoms with van der Waals surface area (Å²) in [4.78, 5) is 20.1. The van der Waals surface area contributed by atoms with Crippen LogP contribution >= 0.6 is 15.9 Å². The average Bonchev–Trinajstić information content (AvgIpc) is 2.44. The summed E-state index contributed by atoms with van der Waals surface area (Å²) >= 11 is 3.33. The molecule has 0 aromatic carbocycles. The van der Waals surface area contributed by atoms with Crippen molar-refractivity contribution in [2.45, 2.75) is 26.9 Å². The van der Waals surface area contributed by atoms with Crippen LogP contribution in [0.25, 0.3) is 0 Å². The Morgan fingerprint density at radius 3 is 2.90 bits per heavy atom. The first-order valence-electron chi connectivity index (χ1n) is 6.32. The Morgan fingerprint density at radius 1 is 1.45 bits per heavy atom. The molecule has 0 amide bonds. The molecule has 2 aromatic rings. The van der Waals surface area contributed by atoms with Crippen LogP contribution in [-0.2, 0) is 13.1 Å². The molecule has 7 heteroatoms. The van der Waals surface area contributed by atoms with Gasteiger partial charge in [-0.3, -0.25) is 4.79 Å². The van der Waals surface area contributed by atoms with Crippen molar-refractivity contribution in [1.82, 2.24) is 19.7 Å². The quantitative estimate of drug-likeness (QED) is 0.904. The number of anilines is 1. The van der Waals surface area contributed by atoms with Crippen molar-refractivity contribution in [3.8, 4) is 0 Å². The summed E-state index contributed by atoms with van der Waals surface area (Å²) in [6.45, 7) is 5.20. The maximum atomic E-state index is 12.1. The molecule has 0 saturated carbocycles. The molecule has 0 aliphatic rings. The van der Waals surface area contributed by atoms with Gasteiger partial charge in [-0.25, -0.2) is 14.6 Å². The molecular formula is C13H16BrN5O. The lowest BCUT2D eigenvalue weighted by Gasteiger charge is -2.11. The normalized spacial score (nSPS) is 10.8. The largest absolute Gasteiger partial charge is 0.377 e. The number of nitrogens with zero attached hydrogens (tertiary/aromatic N) is 4. The molecule has 0 bridgehead atoms. The monoisotopic (exact) mass is 337 g/mol. The minimum absolute atomic E-state index is 0.133. The Labute approximate surface area is 125 Å². The molecule has 0 radical (unpaired) electrons. The first-order valence-corrected chi connectivity index (χ1v) is 7.11. The summed E-state index contributed by atoms with van der Waals surface area (Å²) in [6, 6.07) is 1.81. The maximum Gasteiger partial charge on any atom is 0.283 e. The highest BCUT2D eigenvalue weighted by Gasteiger charge is 2.09. The Balaban J connectivity index is 2.13. The van der Waals surface area contributed by atoms with Gasteiger partial charge >= 0.3 is 0 Å². The molecule has 2 aromatic heterocycles. The standard InChI is InChI=1S/C13H16BrN5O/c1-9(2)7-19-13(20)12(14)11(6-18-19)16-5-10-3-4-15-8-17-10/h3-4,6,8-9,16H,5,7H2,1-2H3. The van der Waals surface area contributed by atoms with Crippen molar-refractivity contribution in [1.29, 1.82) is 0 Å². The Morgan fingerprint density at radius 2 is 2.25 bits per heavy atom. The lowest BCUT2D eigenvalue weighted by Crippen LogP contribution is -2.26. The zero-order valence-corrected chi connectivity index (χ0v) is 13.0. The van der Waals surface area contributed by atoms with Gasteiger partial charge in [-0.15, -0.1) is 0 Å². The summed E-state index contributed by atoms with van der Waals surface area (Å²) in [5.74, 6) is 0.368. The summed E-state index contributed by atoms with van der Waals surface area (Å²) < 4.78 is 1.95. The predicted molar refractivity (Wildman–Crippen MR) is 80.4 cm³/mol. The van der Waals surface area contributed by atoms with Gasteiger partial charge in [-0.1, -0.05) is 13.8 Å². The highest BCUT2D eigenvalue weighted by molar-refractivity contribution is 9.10. The SMILES string of the molecule is CC(C)Cn1ncc(NCc2ccncn2)c(Br)c1=O. The second-order valence-corrected chi connectivity index (χ2v) is 5.60. The zero-order valence-electron chi connectivity index (χ0n) is 11.4. The van der Waals surface area contributed by atoms with Crippen molar-refractivity contribution in [3.63, 3.8) is 0 Å². The molecule has 0 aliphatic carbocycles. The third-order valence-corrected chi connectivity index (χ3v) is 3.39. The first kappa shape index (κ1) is 14.6. The van der Waals surface area contributed by atoms with Crippen LogP contribution in [0.4, 0.5) is 5.69 Å². The first-order chi connectivity index (χ1) is 9.58. The second-order valence-electron chi connectivity index (χ2n) is 4.81. The Hall–Kier alpha value is -1.76. The minimum Gasteiger partial charge on any atom is -0.377 e. The molecule has 6 nitrogen and oxygen atoms in total. The topological polar surface area (TPSA) is 72.7 Å². The molecule has 0 aliphatic heterocycles. The molecule has 1 N–H and O–H groups in total. The fourth-order valence-corrected chi connectivity index (χ4v) is 2.12. The van der Waals surface area contributed by atoms with Crippen LogP contribution in [0.3, 0.4) is 0 Å². The van der Waals surface area contributed by atoms with E-state index in [0.717, 1.165) is 5.69 Å². The van der Waals surface area contributed by atoms with E-state index in [2.05, 4.69) is 36.3 Å². The number of hydrogen-bond acceptors (Lipinski definition) is 5. The molecule has 0 atom stereocenters. The number of hydrogen-bond donors (Lipinski definition) is 1. The van der Waals surface area contributed by atoms with Gasteiger partial charge in [0.15, 0.2) is 0 Å². The third kappa shape index (κ3) is 3.63. The van der Waals surface area contributed by atoms with Gasteiger partial charge in [0.25, 0.3) is 5.56 Å². The maximum absolute atomic E-state index is 12.1. The average molecular weight is 338 g/mol. The van der Waals surface area contributed by atoms with Crippen LogP contribution in [0.15, 0.2) is 34.1 Å². The van der Waals surface area contributed by atoms with E-state index in [-0.39, 0.29) is 5.56 Å². The lowest BCUT2D eigenvalue weighted by molar-refractivity contribution is 0.462. The summed E-state index contributed by atoms with van der Waals surface area (Å²) in [5, 5.41) is 7.31. The summed E-state index contributed by atoms with van der Waals surface area (Å²) in [7, 11) is 0. The molecule has 0 fully saturated rings. The Bertz CT molecular complexity index is 626. The summed E-state index contributed by atoms with van der Waals surface area (Å²) in [5.41, 5.74) is 1.37. The van der Waals surface area contributed by atoms with Crippen LogP contribution in [0.2, 0.25) is 0 Å². The van der Waals surface area contributed by atoms with E-state index in [0.29, 0.717) is 29.2 Å². The zero-order chi connectivity index (χ0) is 14.5. The van der Waals surface area contributed by atoms with E-state index in [9.17, 15) is 4.79 Å². The van der Waals surface area contributed by atoms with Gasteiger partial charge in [-0.2, -0.15) is 5.10 Å². The molecule has 2 heterocycles. The van der Waals surface area contributed by atoms with Gasteiger partial charge in [0.05, 0.1) is 24.1 Å². The van der Waals surface area contributed by atoms with Crippen LogP contribution in [0.5, 0.6) is 0 Å². The van der Waals surface area contributed by atoms with Crippen molar-refractivity contribution in [3.05, 3.63) is 45.3 Å². The molecule has 0 saturated heterocycles. The lowest BCUT2D eigenvalue weighted by atomic mass is 10.2. The Kier molecular flexibility index (Phi) is 4.84. The molecule has 0 unspecified atom stereocenters. The van der Waals surface area contributed by atoms with Gasteiger partial charge < -0.3 is 5.32 Å². The van der Waals surface area contributed by atoms with E-state index in [1.54, 1.807) is 12.4 Å². The second kappa shape index (κ2) is 6.60. The van der Waals surface area contributed by atoms with E-state index in [1.807, 2.05) is 19.9 Å². The predicted octanol–water partition coefficient (Wildman–Crippen LogP) is 2.06. The van der Waals surface area contributed by atoms with Gasteiger partial charge in [0.2, 0.25) is 0 Å². The third-order valence-electron chi connectivity index (χ3n) is 2.63. The van der Waals surface area contributed by atoms with Crippen molar-refractivity contribution in [2.24, 2.45) is 5.92 Å². The molecule has 106 valence electrons. The molecule has 2 rings (SSSR count). The van der Waals surface area contributed by atoms with Crippen molar-refractivity contribution >= 4 is 21.6 Å². The van der Waals surface area contributed by atoms with E-state index in [4.69, 9.17) is 0 Å². The number of halogens is 1. The number of nitrogens with one attached hydrogen (secondary N) is 1.